The highest BCUT2D eigenvalue weighted by molar-refractivity contribution is 5.73. The highest BCUT2D eigenvalue weighted by atomic mass is 16.6. The van der Waals surface area contributed by atoms with Crippen LogP contribution in [0.3, 0.4) is 0 Å². The van der Waals surface area contributed by atoms with Gasteiger partial charge in [0.15, 0.2) is 23.0 Å². The Labute approximate surface area is 219 Å². The third-order valence-corrected chi connectivity index (χ3v) is 7.08. The summed E-state index contributed by atoms with van der Waals surface area (Å²) in [5.41, 5.74) is -0.258. The van der Waals surface area contributed by atoms with Crippen LogP contribution in [0.5, 0.6) is 23.0 Å². The number of phenols is 2. The number of benzene rings is 2. The van der Waals surface area contributed by atoms with Gasteiger partial charge in [-0.3, -0.25) is 9.59 Å². The van der Waals surface area contributed by atoms with Gasteiger partial charge in [0.05, 0.1) is 14.2 Å². The Balaban J connectivity index is 2.05. The lowest BCUT2D eigenvalue weighted by Crippen LogP contribution is -2.32. The van der Waals surface area contributed by atoms with Crippen LogP contribution in [0.1, 0.15) is 83.8 Å². The number of rotatable bonds is 14. The molecule has 2 rings (SSSR count). The van der Waals surface area contributed by atoms with Gasteiger partial charge >= 0.3 is 11.9 Å². The maximum Gasteiger partial charge on any atom is 0.306 e. The van der Waals surface area contributed by atoms with Crippen LogP contribution >= 0.6 is 0 Å². The number of methoxy groups -OCH3 is 2. The van der Waals surface area contributed by atoms with Crippen molar-refractivity contribution in [3.8, 4) is 23.0 Å². The van der Waals surface area contributed by atoms with Crippen LogP contribution in [-0.4, -0.2) is 36.4 Å². The predicted octanol–water partition coefficient (Wildman–Crippen LogP) is 6.10. The fraction of sp³-hybridized carbons (Fsp3) is 0.517. The third-order valence-electron chi connectivity index (χ3n) is 7.08. The number of phenolic OH excluding ortho intramolecular Hbond substituents is 2. The van der Waals surface area contributed by atoms with Gasteiger partial charge in [-0.05, 0) is 67.5 Å². The molecule has 0 bridgehead atoms. The zero-order valence-electron chi connectivity index (χ0n) is 22.8. The minimum Gasteiger partial charge on any atom is -0.504 e. The lowest BCUT2D eigenvalue weighted by Gasteiger charge is -2.33. The van der Waals surface area contributed by atoms with Crippen LogP contribution in [0.2, 0.25) is 0 Å². The zero-order chi connectivity index (χ0) is 27.6. The molecular weight excluding hydrogens is 476 g/mol. The molecule has 0 aliphatic carbocycles. The first-order chi connectivity index (χ1) is 17.6. The summed E-state index contributed by atoms with van der Waals surface area (Å²) in [6, 6.07) is 9.86. The van der Waals surface area contributed by atoms with E-state index in [0.717, 1.165) is 11.1 Å². The molecule has 8 heteroatoms. The van der Waals surface area contributed by atoms with Crippen molar-refractivity contribution in [1.82, 2.24) is 0 Å². The molecule has 0 aliphatic rings. The van der Waals surface area contributed by atoms with E-state index in [1.807, 2.05) is 27.7 Å². The maximum atomic E-state index is 12.8. The molecule has 8 nitrogen and oxygen atoms in total. The molecule has 0 radical (unpaired) electrons. The largest absolute Gasteiger partial charge is 0.504 e. The molecule has 0 unspecified atom stereocenters. The Morgan fingerprint density at radius 2 is 1.03 bits per heavy atom. The molecule has 0 aromatic heterocycles. The number of ether oxygens (including phenoxy) is 4. The number of hydrogen-bond donors (Lipinski definition) is 2. The van der Waals surface area contributed by atoms with Crippen molar-refractivity contribution in [1.29, 1.82) is 0 Å². The summed E-state index contributed by atoms with van der Waals surface area (Å²) in [5.74, 6) is -0.183. The van der Waals surface area contributed by atoms with Gasteiger partial charge < -0.3 is 29.2 Å². The van der Waals surface area contributed by atoms with Crippen molar-refractivity contribution >= 4 is 11.9 Å². The summed E-state index contributed by atoms with van der Waals surface area (Å²) >= 11 is 0. The minimum absolute atomic E-state index is 0.0122. The molecule has 0 aliphatic heterocycles. The van der Waals surface area contributed by atoms with Gasteiger partial charge in [0.1, 0.15) is 11.2 Å². The third kappa shape index (κ3) is 6.87. The highest BCUT2D eigenvalue weighted by Gasteiger charge is 2.35. The SMILES string of the molecule is CCC(CC)(OC(=O)CCCC(=O)OC(CC)(CC)c1ccc(O)c(OC)c1)c1ccc(O)c(OC)c1. The Kier molecular flexibility index (Phi) is 10.6. The van der Waals surface area contributed by atoms with E-state index in [2.05, 4.69) is 0 Å². The molecule has 37 heavy (non-hydrogen) atoms. The Morgan fingerprint density at radius 3 is 1.32 bits per heavy atom. The van der Waals surface area contributed by atoms with Gasteiger partial charge in [0.25, 0.3) is 0 Å². The summed E-state index contributed by atoms with van der Waals surface area (Å²) in [7, 11) is 2.93. The minimum atomic E-state index is -0.865. The molecule has 0 saturated heterocycles. The summed E-state index contributed by atoms with van der Waals surface area (Å²) in [6.07, 6.45) is 2.55. The topological polar surface area (TPSA) is 112 Å². The van der Waals surface area contributed by atoms with Crippen LogP contribution in [0.25, 0.3) is 0 Å². The first-order valence-electron chi connectivity index (χ1n) is 12.8. The van der Waals surface area contributed by atoms with Crippen molar-refractivity contribution in [3.63, 3.8) is 0 Å². The molecule has 0 heterocycles. The van der Waals surface area contributed by atoms with E-state index in [0.29, 0.717) is 37.2 Å². The second kappa shape index (κ2) is 13.2. The average molecular weight is 517 g/mol. The van der Waals surface area contributed by atoms with Crippen LogP contribution in [0.4, 0.5) is 0 Å². The quantitative estimate of drug-likeness (QED) is 0.290. The van der Waals surface area contributed by atoms with E-state index in [4.69, 9.17) is 18.9 Å². The average Bonchev–Trinajstić information content (AvgIpc) is 2.91. The Hall–Kier alpha value is -3.42. The lowest BCUT2D eigenvalue weighted by molar-refractivity contribution is -0.164. The number of hydrogen-bond acceptors (Lipinski definition) is 8. The van der Waals surface area contributed by atoms with E-state index < -0.39 is 23.1 Å². The van der Waals surface area contributed by atoms with Crippen LogP contribution in [0.15, 0.2) is 36.4 Å². The summed E-state index contributed by atoms with van der Waals surface area (Å²) in [4.78, 5) is 25.6. The second-order valence-electron chi connectivity index (χ2n) is 8.98. The maximum absolute atomic E-state index is 12.8. The van der Waals surface area contributed by atoms with Gasteiger partial charge in [0.2, 0.25) is 0 Å². The molecule has 0 atom stereocenters. The molecular formula is C29H40O8. The van der Waals surface area contributed by atoms with Crippen molar-refractivity contribution in [2.24, 2.45) is 0 Å². The van der Waals surface area contributed by atoms with E-state index in [9.17, 15) is 19.8 Å². The molecule has 0 spiro atoms. The normalized spacial score (nSPS) is 11.6. The molecule has 0 fully saturated rings. The summed E-state index contributed by atoms with van der Waals surface area (Å²) < 4.78 is 22.3. The molecule has 2 aromatic rings. The standard InChI is InChI=1S/C29H40O8/c1-7-28(8-2,20-14-16-22(30)24(18-20)34-5)36-26(32)12-11-13-27(33)37-29(9-3,10-4)21-15-17-23(31)25(19-21)35-6/h14-19,30-31H,7-13H2,1-6H3. The van der Waals surface area contributed by atoms with Crippen molar-refractivity contribution in [3.05, 3.63) is 47.5 Å². The van der Waals surface area contributed by atoms with Crippen LogP contribution < -0.4 is 9.47 Å². The molecule has 2 aromatic carbocycles. The number of carbonyl (C=O) groups is 2. The van der Waals surface area contributed by atoms with Gasteiger partial charge in [-0.25, -0.2) is 0 Å². The van der Waals surface area contributed by atoms with E-state index in [1.165, 1.54) is 26.4 Å². The summed E-state index contributed by atoms with van der Waals surface area (Å²) in [5, 5.41) is 19.9. The van der Waals surface area contributed by atoms with Gasteiger partial charge in [-0.15, -0.1) is 0 Å². The number of esters is 2. The van der Waals surface area contributed by atoms with Crippen LogP contribution in [0, 0.1) is 0 Å². The van der Waals surface area contributed by atoms with Crippen molar-refractivity contribution in [2.75, 3.05) is 14.2 Å². The zero-order valence-corrected chi connectivity index (χ0v) is 22.8. The van der Waals surface area contributed by atoms with Crippen LogP contribution in [-0.2, 0) is 30.3 Å². The number of carbonyl (C=O) groups excluding carboxylic acids is 2. The van der Waals surface area contributed by atoms with E-state index >= 15 is 0 Å². The van der Waals surface area contributed by atoms with Crippen molar-refractivity contribution in [2.45, 2.75) is 83.8 Å². The van der Waals surface area contributed by atoms with E-state index in [-0.39, 0.29) is 30.8 Å². The molecule has 0 amide bonds. The fourth-order valence-electron chi connectivity index (χ4n) is 4.56. The molecule has 204 valence electrons. The first kappa shape index (κ1) is 29.8. The molecule has 0 saturated carbocycles. The monoisotopic (exact) mass is 516 g/mol. The molecule has 2 N–H and O–H groups in total. The summed E-state index contributed by atoms with van der Waals surface area (Å²) in [6.45, 7) is 7.73. The first-order valence-corrected chi connectivity index (χ1v) is 12.8. The Morgan fingerprint density at radius 1 is 0.676 bits per heavy atom. The van der Waals surface area contributed by atoms with E-state index in [1.54, 1.807) is 24.3 Å². The lowest BCUT2D eigenvalue weighted by atomic mass is 9.87. The van der Waals surface area contributed by atoms with Gasteiger partial charge in [0, 0.05) is 12.8 Å². The fourth-order valence-corrected chi connectivity index (χ4v) is 4.56. The Bertz CT molecular complexity index is 970. The number of aromatic hydroxyl groups is 2. The smallest absolute Gasteiger partial charge is 0.306 e. The van der Waals surface area contributed by atoms with Gasteiger partial charge in [-0.1, -0.05) is 39.8 Å². The predicted molar refractivity (Wildman–Crippen MR) is 140 cm³/mol. The van der Waals surface area contributed by atoms with Crippen molar-refractivity contribution < 1.29 is 38.7 Å². The highest BCUT2D eigenvalue weighted by Crippen LogP contribution is 2.39. The second-order valence-corrected chi connectivity index (χ2v) is 8.98. The van der Waals surface area contributed by atoms with Gasteiger partial charge in [-0.2, -0.15) is 0 Å².